The van der Waals surface area contributed by atoms with Crippen LogP contribution in [0.25, 0.3) is 0 Å². The van der Waals surface area contributed by atoms with Crippen LogP contribution < -0.4 is 5.32 Å². The summed E-state index contributed by atoms with van der Waals surface area (Å²) >= 11 is 0. The zero-order valence-corrected chi connectivity index (χ0v) is 13.6. The molecular weight excluding hydrogens is 267 g/mol. The van der Waals surface area contributed by atoms with Gasteiger partial charge in [0.15, 0.2) is 0 Å². The van der Waals surface area contributed by atoms with Crippen LogP contribution >= 0.6 is 0 Å². The van der Waals surface area contributed by atoms with Crippen molar-refractivity contribution in [1.82, 2.24) is 10.2 Å². The normalized spacial score (nSPS) is 19.4. The minimum absolute atomic E-state index is 0.0620. The van der Waals surface area contributed by atoms with Gasteiger partial charge in [-0.3, -0.25) is 4.90 Å². The van der Waals surface area contributed by atoms with E-state index in [1.165, 1.54) is 0 Å². The average molecular weight is 294 g/mol. The molecule has 1 N–H and O–H groups in total. The molecule has 0 amide bonds. The average Bonchev–Trinajstić information content (AvgIpc) is 2.92. The monoisotopic (exact) mass is 294 g/mol. The van der Waals surface area contributed by atoms with Crippen LogP contribution in [0.2, 0.25) is 0 Å². The number of ether oxygens (including phenoxy) is 1. The van der Waals surface area contributed by atoms with E-state index in [4.69, 9.17) is 4.74 Å². The Balaban J connectivity index is 2.01. The first-order valence-electron chi connectivity index (χ1n) is 7.65. The Morgan fingerprint density at radius 3 is 2.76 bits per heavy atom. The van der Waals surface area contributed by atoms with Gasteiger partial charge in [0.1, 0.15) is 5.82 Å². The van der Waals surface area contributed by atoms with Gasteiger partial charge in [-0.25, -0.2) is 4.39 Å². The van der Waals surface area contributed by atoms with Gasteiger partial charge in [0.2, 0.25) is 0 Å². The predicted molar refractivity (Wildman–Crippen MR) is 83.7 cm³/mol. The van der Waals surface area contributed by atoms with E-state index < -0.39 is 0 Å². The zero-order valence-electron chi connectivity index (χ0n) is 13.6. The molecule has 1 heterocycles. The molecule has 0 spiro atoms. The van der Waals surface area contributed by atoms with Gasteiger partial charge in [0.05, 0.1) is 6.61 Å². The molecule has 118 valence electrons. The third-order valence-electron chi connectivity index (χ3n) is 3.88. The van der Waals surface area contributed by atoms with Crippen molar-refractivity contribution < 1.29 is 9.13 Å². The molecule has 0 aromatic heterocycles. The molecule has 1 unspecified atom stereocenters. The van der Waals surface area contributed by atoms with E-state index in [-0.39, 0.29) is 11.4 Å². The van der Waals surface area contributed by atoms with Crippen LogP contribution in [0.5, 0.6) is 0 Å². The van der Waals surface area contributed by atoms with E-state index >= 15 is 0 Å². The fourth-order valence-electron chi connectivity index (χ4n) is 2.49. The van der Waals surface area contributed by atoms with Gasteiger partial charge in [0, 0.05) is 36.8 Å². The van der Waals surface area contributed by atoms with Crippen molar-refractivity contribution in [2.45, 2.75) is 51.9 Å². The summed E-state index contributed by atoms with van der Waals surface area (Å²) in [7, 11) is 2.04. The molecule has 1 aliphatic heterocycles. The van der Waals surface area contributed by atoms with E-state index in [1.54, 1.807) is 6.07 Å². The Bertz CT molecular complexity index is 464. The second-order valence-electron chi connectivity index (χ2n) is 6.96. The second kappa shape index (κ2) is 6.86. The molecule has 21 heavy (non-hydrogen) atoms. The Morgan fingerprint density at radius 1 is 1.38 bits per heavy atom. The number of hydrogen-bond acceptors (Lipinski definition) is 3. The summed E-state index contributed by atoms with van der Waals surface area (Å²) in [5, 5.41) is 3.44. The highest BCUT2D eigenvalue weighted by molar-refractivity contribution is 5.25. The van der Waals surface area contributed by atoms with Crippen molar-refractivity contribution in [2.75, 3.05) is 20.3 Å². The highest BCUT2D eigenvalue weighted by atomic mass is 19.1. The van der Waals surface area contributed by atoms with Crippen LogP contribution in [0.1, 0.15) is 38.3 Å². The summed E-state index contributed by atoms with van der Waals surface area (Å²) in [5.41, 5.74) is 1.95. The van der Waals surface area contributed by atoms with Gasteiger partial charge >= 0.3 is 0 Å². The molecular formula is C17H27FN2O. The summed E-state index contributed by atoms with van der Waals surface area (Å²) in [6.45, 7) is 9.34. The first-order valence-corrected chi connectivity index (χ1v) is 7.65. The molecule has 2 rings (SSSR count). The summed E-state index contributed by atoms with van der Waals surface area (Å²) in [5.74, 6) is -0.125. The quantitative estimate of drug-likeness (QED) is 0.903. The predicted octanol–water partition coefficient (Wildman–Crippen LogP) is 2.93. The van der Waals surface area contributed by atoms with Crippen molar-refractivity contribution >= 4 is 0 Å². The Labute approximate surface area is 127 Å². The van der Waals surface area contributed by atoms with Gasteiger partial charge in [-0.1, -0.05) is 12.1 Å². The molecule has 1 aromatic rings. The first-order chi connectivity index (χ1) is 9.85. The maximum atomic E-state index is 14.0. The third kappa shape index (κ3) is 5.06. The summed E-state index contributed by atoms with van der Waals surface area (Å²) < 4.78 is 19.4. The molecule has 0 radical (unpaired) electrons. The highest BCUT2D eigenvalue weighted by Crippen LogP contribution is 2.17. The van der Waals surface area contributed by atoms with Crippen molar-refractivity contribution in [3.63, 3.8) is 0 Å². The third-order valence-corrected chi connectivity index (χ3v) is 3.88. The van der Waals surface area contributed by atoms with Crippen molar-refractivity contribution in [2.24, 2.45) is 0 Å². The van der Waals surface area contributed by atoms with E-state index in [2.05, 4.69) is 31.0 Å². The maximum absolute atomic E-state index is 14.0. The van der Waals surface area contributed by atoms with Crippen LogP contribution in [0.15, 0.2) is 18.2 Å². The lowest BCUT2D eigenvalue weighted by atomic mass is 10.1. The SMILES string of the molecule is CN(Cc1cc(CNC(C)(C)C)ccc1F)C1CCOC1. The van der Waals surface area contributed by atoms with E-state index in [0.29, 0.717) is 12.6 Å². The lowest BCUT2D eigenvalue weighted by Crippen LogP contribution is -2.35. The first kappa shape index (κ1) is 16.4. The number of rotatable bonds is 5. The molecule has 1 atom stereocenters. The number of halogens is 1. The minimum atomic E-state index is -0.125. The molecule has 4 heteroatoms. The number of nitrogens with one attached hydrogen (secondary N) is 1. The number of benzene rings is 1. The van der Waals surface area contributed by atoms with Crippen LogP contribution in [0.4, 0.5) is 4.39 Å². The van der Waals surface area contributed by atoms with Gasteiger partial charge in [-0.15, -0.1) is 0 Å². The summed E-state index contributed by atoms with van der Waals surface area (Å²) in [6.07, 6.45) is 1.03. The molecule has 0 aliphatic carbocycles. The van der Waals surface area contributed by atoms with Gasteiger partial charge in [-0.2, -0.15) is 0 Å². The van der Waals surface area contributed by atoms with E-state index in [0.717, 1.165) is 37.3 Å². The standard InChI is InChI=1S/C17H27FN2O/c1-17(2,3)19-10-13-5-6-16(18)14(9-13)11-20(4)15-7-8-21-12-15/h5-6,9,15,19H,7-8,10-12H2,1-4H3. The van der Waals surface area contributed by atoms with Crippen LogP contribution in [-0.4, -0.2) is 36.7 Å². The minimum Gasteiger partial charge on any atom is -0.380 e. The van der Waals surface area contributed by atoms with Crippen molar-refractivity contribution in [3.8, 4) is 0 Å². The maximum Gasteiger partial charge on any atom is 0.127 e. The molecule has 0 saturated carbocycles. The Hall–Kier alpha value is -0.970. The fourth-order valence-corrected chi connectivity index (χ4v) is 2.49. The lowest BCUT2D eigenvalue weighted by Gasteiger charge is -2.24. The molecule has 1 saturated heterocycles. The van der Waals surface area contributed by atoms with E-state index in [1.807, 2.05) is 19.2 Å². The van der Waals surface area contributed by atoms with Crippen LogP contribution in [0.3, 0.4) is 0 Å². The van der Waals surface area contributed by atoms with E-state index in [9.17, 15) is 4.39 Å². The largest absolute Gasteiger partial charge is 0.380 e. The number of hydrogen-bond donors (Lipinski definition) is 1. The summed E-state index contributed by atoms with van der Waals surface area (Å²) in [4.78, 5) is 2.19. The van der Waals surface area contributed by atoms with Gasteiger partial charge < -0.3 is 10.1 Å². The molecule has 1 aliphatic rings. The molecule has 1 fully saturated rings. The van der Waals surface area contributed by atoms with Crippen LogP contribution in [-0.2, 0) is 17.8 Å². The second-order valence-corrected chi connectivity index (χ2v) is 6.96. The van der Waals surface area contributed by atoms with Crippen molar-refractivity contribution in [3.05, 3.63) is 35.1 Å². The number of nitrogens with zero attached hydrogens (tertiary/aromatic N) is 1. The van der Waals surface area contributed by atoms with Gasteiger partial charge in [0.25, 0.3) is 0 Å². The molecule has 1 aromatic carbocycles. The Morgan fingerprint density at radius 2 is 2.14 bits per heavy atom. The zero-order chi connectivity index (χ0) is 15.5. The highest BCUT2D eigenvalue weighted by Gasteiger charge is 2.21. The van der Waals surface area contributed by atoms with Crippen LogP contribution in [0, 0.1) is 5.82 Å². The smallest absolute Gasteiger partial charge is 0.127 e. The lowest BCUT2D eigenvalue weighted by molar-refractivity contribution is 0.155. The molecule has 3 nitrogen and oxygen atoms in total. The van der Waals surface area contributed by atoms with Crippen molar-refractivity contribution in [1.29, 1.82) is 0 Å². The number of likely N-dealkylation sites (N-methyl/N-ethyl adjacent to an activating group) is 1. The molecule has 0 bridgehead atoms. The fraction of sp³-hybridized carbons (Fsp3) is 0.647. The van der Waals surface area contributed by atoms with Gasteiger partial charge in [-0.05, 0) is 45.9 Å². The summed E-state index contributed by atoms with van der Waals surface area (Å²) in [6, 6.07) is 5.81. The Kier molecular flexibility index (Phi) is 5.36. The topological polar surface area (TPSA) is 24.5 Å².